The van der Waals surface area contributed by atoms with Crippen LogP contribution in [0.25, 0.3) is 0 Å². The molecule has 0 N–H and O–H groups in total. The summed E-state index contributed by atoms with van der Waals surface area (Å²) in [6, 6.07) is 0. The fourth-order valence-corrected chi connectivity index (χ4v) is 7.24. The van der Waals surface area contributed by atoms with Crippen LogP contribution in [0, 0.1) is 94.7 Å². The summed E-state index contributed by atoms with van der Waals surface area (Å²) in [5.74, 6) is 12.4. The Labute approximate surface area is 225 Å². The fraction of sp³-hybridized carbons (Fsp3) is 1.00. The molecule has 35 heavy (non-hydrogen) atoms. The van der Waals surface area contributed by atoms with Gasteiger partial charge in [-0.05, 0) is 94.7 Å². The average Bonchev–Trinajstić information content (AvgIpc) is 2.85. The molecule has 0 bridgehead atoms. The van der Waals surface area contributed by atoms with Crippen LogP contribution in [0.3, 0.4) is 0 Å². The summed E-state index contributed by atoms with van der Waals surface area (Å²) in [7, 11) is 0. The van der Waals surface area contributed by atoms with Crippen LogP contribution in [0.4, 0.5) is 0 Å². The van der Waals surface area contributed by atoms with E-state index >= 15 is 0 Å². The van der Waals surface area contributed by atoms with Gasteiger partial charge in [0.15, 0.2) is 0 Å². The van der Waals surface area contributed by atoms with Crippen LogP contribution in [-0.2, 0) is 0 Å². The third-order valence-electron chi connectivity index (χ3n) is 13.4. The van der Waals surface area contributed by atoms with Crippen molar-refractivity contribution in [2.45, 2.75) is 131 Å². The number of hydrogen-bond donors (Lipinski definition) is 0. The normalized spacial score (nSPS) is 25.8. The molecule has 0 fully saturated rings. The van der Waals surface area contributed by atoms with Crippen LogP contribution in [0.1, 0.15) is 131 Å². The minimum atomic E-state index is 0.758. The lowest BCUT2D eigenvalue weighted by atomic mass is 9.62. The van der Waals surface area contributed by atoms with Crippen molar-refractivity contribution in [1.82, 2.24) is 0 Å². The quantitative estimate of drug-likeness (QED) is 0.201. The van der Waals surface area contributed by atoms with Gasteiger partial charge in [-0.1, -0.05) is 131 Å². The molecule has 0 saturated carbocycles. The topological polar surface area (TPSA) is 0 Å². The SMILES string of the molecule is CCC(C)C(C)C(C)C(C)C(C)C(C)C(C)C(C)C(C)C(C)C(C)C(C)C(C)C(C)C(C)C(C)C. The highest BCUT2D eigenvalue weighted by atomic mass is 14.4. The highest BCUT2D eigenvalue weighted by Crippen LogP contribution is 2.44. The molecule has 0 radical (unpaired) electrons. The van der Waals surface area contributed by atoms with Crippen LogP contribution < -0.4 is 0 Å². The minimum Gasteiger partial charge on any atom is -0.0651 e. The zero-order valence-electron chi connectivity index (χ0n) is 27.9. The Hall–Kier alpha value is 0. The zero-order chi connectivity index (χ0) is 27.9. The predicted molar refractivity (Wildman–Crippen MR) is 163 cm³/mol. The monoisotopic (exact) mass is 493 g/mol. The van der Waals surface area contributed by atoms with E-state index in [-0.39, 0.29) is 0 Å². The van der Waals surface area contributed by atoms with E-state index in [1.54, 1.807) is 0 Å². The molecule has 0 aliphatic carbocycles. The molecule has 15 unspecified atom stereocenters. The second-order valence-corrected chi connectivity index (χ2v) is 14.7. The van der Waals surface area contributed by atoms with Crippen molar-refractivity contribution in [1.29, 1.82) is 0 Å². The zero-order valence-corrected chi connectivity index (χ0v) is 27.9. The summed E-state index contributed by atoms with van der Waals surface area (Å²) in [5.41, 5.74) is 0. The van der Waals surface area contributed by atoms with Crippen molar-refractivity contribution in [2.24, 2.45) is 94.7 Å². The Bertz CT molecular complexity index is 548. The molecule has 0 rings (SSSR count). The van der Waals surface area contributed by atoms with Gasteiger partial charge in [-0.3, -0.25) is 0 Å². The van der Waals surface area contributed by atoms with Crippen molar-refractivity contribution in [3.8, 4) is 0 Å². The van der Waals surface area contributed by atoms with Gasteiger partial charge >= 0.3 is 0 Å². The largest absolute Gasteiger partial charge is 0.0651 e. The van der Waals surface area contributed by atoms with Gasteiger partial charge in [-0.25, -0.2) is 0 Å². The van der Waals surface area contributed by atoms with Gasteiger partial charge < -0.3 is 0 Å². The summed E-state index contributed by atoms with van der Waals surface area (Å²) in [6.45, 7) is 45.1. The van der Waals surface area contributed by atoms with Crippen molar-refractivity contribution in [3.05, 3.63) is 0 Å². The van der Waals surface area contributed by atoms with Crippen LogP contribution in [0.15, 0.2) is 0 Å². The molecule has 0 aliphatic rings. The lowest BCUT2D eigenvalue weighted by Gasteiger charge is -2.43. The van der Waals surface area contributed by atoms with E-state index in [1.807, 2.05) is 0 Å². The Balaban J connectivity index is 5.29. The smallest absolute Gasteiger partial charge is 0.0386 e. The van der Waals surface area contributed by atoms with E-state index in [1.165, 1.54) is 6.42 Å². The van der Waals surface area contributed by atoms with E-state index < -0.39 is 0 Å². The van der Waals surface area contributed by atoms with Crippen LogP contribution in [0.2, 0.25) is 0 Å². The fourth-order valence-electron chi connectivity index (χ4n) is 7.24. The molecule has 0 spiro atoms. The molecule has 212 valence electrons. The van der Waals surface area contributed by atoms with E-state index in [0.29, 0.717) is 0 Å². The average molecular weight is 493 g/mol. The van der Waals surface area contributed by atoms with Crippen molar-refractivity contribution in [2.75, 3.05) is 0 Å². The van der Waals surface area contributed by atoms with Crippen molar-refractivity contribution < 1.29 is 0 Å². The highest BCUT2D eigenvalue weighted by Gasteiger charge is 2.37. The first-order chi connectivity index (χ1) is 15.9. The standard InChI is InChI=1S/C35H72/c1-19-21(4)23(6)25(8)27(10)29(12)31(14)33(16)35(18)34(17)32(15)30(13)28(11)26(9)24(7)22(5)20(2)3/h20-35H,19H2,1-18H3. The number of rotatable bonds is 16. The van der Waals surface area contributed by atoms with Gasteiger partial charge in [0, 0.05) is 0 Å². The summed E-state index contributed by atoms with van der Waals surface area (Å²) >= 11 is 0. The summed E-state index contributed by atoms with van der Waals surface area (Å²) in [6.07, 6.45) is 1.30. The first kappa shape index (κ1) is 35.0. The third-order valence-corrected chi connectivity index (χ3v) is 13.4. The molecular formula is C35H72. The van der Waals surface area contributed by atoms with E-state index in [4.69, 9.17) is 0 Å². The van der Waals surface area contributed by atoms with Gasteiger partial charge in [-0.2, -0.15) is 0 Å². The first-order valence-corrected chi connectivity index (χ1v) is 15.9. The van der Waals surface area contributed by atoms with Gasteiger partial charge in [0.2, 0.25) is 0 Å². The molecule has 0 aromatic heterocycles. The van der Waals surface area contributed by atoms with Gasteiger partial charge in [0.1, 0.15) is 0 Å². The molecular weight excluding hydrogens is 420 g/mol. The minimum absolute atomic E-state index is 0.758. The van der Waals surface area contributed by atoms with E-state index in [0.717, 1.165) is 94.7 Å². The van der Waals surface area contributed by atoms with Gasteiger partial charge in [0.05, 0.1) is 0 Å². The molecule has 0 nitrogen and oxygen atoms in total. The molecule has 0 heteroatoms. The third kappa shape index (κ3) is 9.06. The molecule has 0 aromatic rings. The number of hydrogen-bond acceptors (Lipinski definition) is 0. The maximum absolute atomic E-state index is 2.56. The second-order valence-electron chi connectivity index (χ2n) is 14.7. The molecule has 0 aromatic carbocycles. The summed E-state index contributed by atoms with van der Waals surface area (Å²) in [4.78, 5) is 0. The Morgan fingerprint density at radius 3 is 0.600 bits per heavy atom. The summed E-state index contributed by atoms with van der Waals surface area (Å²) < 4.78 is 0. The summed E-state index contributed by atoms with van der Waals surface area (Å²) in [5, 5.41) is 0. The molecule has 15 atom stereocenters. The van der Waals surface area contributed by atoms with E-state index in [2.05, 4.69) is 125 Å². The van der Waals surface area contributed by atoms with E-state index in [9.17, 15) is 0 Å². The van der Waals surface area contributed by atoms with Gasteiger partial charge in [-0.15, -0.1) is 0 Å². The molecule has 0 amide bonds. The Morgan fingerprint density at radius 2 is 0.429 bits per heavy atom. The Kier molecular flexibility index (Phi) is 15.4. The van der Waals surface area contributed by atoms with Crippen LogP contribution >= 0.6 is 0 Å². The second kappa shape index (κ2) is 15.4. The van der Waals surface area contributed by atoms with Crippen LogP contribution in [0.5, 0.6) is 0 Å². The highest BCUT2D eigenvalue weighted by molar-refractivity contribution is 4.86. The van der Waals surface area contributed by atoms with Crippen molar-refractivity contribution >= 4 is 0 Å². The maximum Gasteiger partial charge on any atom is -0.0386 e. The lowest BCUT2D eigenvalue weighted by Crippen LogP contribution is -2.37. The molecule has 0 heterocycles. The molecule has 0 aliphatic heterocycles. The lowest BCUT2D eigenvalue weighted by molar-refractivity contribution is 0.0546. The predicted octanol–water partition coefficient (Wildman–Crippen LogP) is 11.6. The molecule has 0 saturated heterocycles. The van der Waals surface area contributed by atoms with Crippen LogP contribution in [-0.4, -0.2) is 0 Å². The maximum atomic E-state index is 2.56. The van der Waals surface area contributed by atoms with Gasteiger partial charge in [0.25, 0.3) is 0 Å². The Morgan fingerprint density at radius 1 is 0.257 bits per heavy atom. The first-order valence-electron chi connectivity index (χ1n) is 15.9. The van der Waals surface area contributed by atoms with Crippen molar-refractivity contribution in [3.63, 3.8) is 0 Å².